The summed E-state index contributed by atoms with van der Waals surface area (Å²) in [4.78, 5) is 18.7. The van der Waals surface area contributed by atoms with Crippen LogP contribution >= 0.6 is 0 Å². The molecular formula is C20H26N4O2. The van der Waals surface area contributed by atoms with Crippen LogP contribution in [0.1, 0.15) is 17.2 Å². The molecular weight excluding hydrogens is 328 g/mol. The van der Waals surface area contributed by atoms with E-state index in [1.807, 2.05) is 43.5 Å². The molecule has 1 aliphatic rings. The van der Waals surface area contributed by atoms with E-state index < -0.39 is 0 Å². The minimum Gasteiger partial charge on any atom is -0.492 e. The molecule has 0 spiro atoms. The number of ether oxygens (including phenoxy) is 1. The van der Waals surface area contributed by atoms with E-state index in [1.165, 1.54) is 0 Å². The molecule has 2 aromatic rings. The fraction of sp³-hybridized carbons (Fsp3) is 0.400. The highest BCUT2D eigenvalue weighted by Crippen LogP contribution is 2.20. The van der Waals surface area contributed by atoms with Crippen LogP contribution in [-0.4, -0.2) is 55.1 Å². The molecule has 0 radical (unpaired) electrons. The standard InChI is InChI=1S/C20H26N4O2/c1-16-4-2-6-18(12-16)26-11-9-23-20(25)15-24-10-8-22-14-19(24)17-5-3-7-21-13-17/h2-7,12-13,19,22H,8-11,14-15H2,1H3,(H,23,25). The lowest BCUT2D eigenvalue weighted by Gasteiger charge is -2.35. The van der Waals surface area contributed by atoms with E-state index in [-0.39, 0.29) is 11.9 Å². The van der Waals surface area contributed by atoms with Crippen LogP contribution < -0.4 is 15.4 Å². The number of nitrogens with zero attached hydrogens (tertiary/aromatic N) is 2. The zero-order chi connectivity index (χ0) is 18.2. The second kappa shape index (κ2) is 9.31. The van der Waals surface area contributed by atoms with Crippen LogP contribution in [0.4, 0.5) is 0 Å². The Kier molecular flexibility index (Phi) is 6.57. The number of carbonyl (C=O) groups is 1. The molecule has 138 valence electrons. The van der Waals surface area contributed by atoms with Crippen LogP contribution in [0.25, 0.3) is 0 Å². The quantitative estimate of drug-likeness (QED) is 0.738. The van der Waals surface area contributed by atoms with Gasteiger partial charge in [-0.25, -0.2) is 0 Å². The lowest BCUT2D eigenvalue weighted by molar-refractivity contribution is -0.123. The molecule has 1 fully saturated rings. The number of carbonyl (C=O) groups excluding carboxylic acids is 1. The van der Waals surface area contributed by atoms with Crippen molar-refractivity contribution in [3.05, 3.63) is 59.9 Å². The summed E-state index contributed by atoms with van der Waals surface area (Å²) in [6, 6.07) is 12.1. The van der Waals surface area contributed by atoms with E-state index in [4.69, 9.17) is 4.74 Å². The molecule has 0 aliphatic carbocycles. The van der Waals surface area contributed by atoms with Gasteiger partial charge in [0.1, 0.15) is 12.4 Å². The minimum absolute atomic E-state index is 0.0219. The number of hydrogen-bond acceptors (Lipinski definition) is 5. The maximum absolute atomic E-state index is 12.3. The van der Waals surface area contributed by atoms with Gasteiger partial charge in [0, 0.05) is 38.1 Å². The van der Waals surface area contributed by atoms with Crippen molar-refractivity contribution in [3.8, 4) is 5.75 Å². The van der Waals surface area contributed by atoms with E-state index in [9.17, 15) is 4.79 Å². The normalized spacial score (nSPS) is 17.7. The summed E-state index contributed by atoms with van der Waals surface area (Å²) in [6.45, 7) is 5.93. The maximum atomic E-state index is 12.3. The second-order valence-electron chi connectivity index (χ2n) is 6.49. The van der Waals surface area contributed by atoms with Gasteiger partial charge in [-0.15, -0.1) is 0 Å². The van der Waals surface area contributed by atoms with Crippen molar-refractivity contribution in [2.24, 2.45) is 0 Å². The first-order valence-electron chi connectivity index (χ1n) is 9.03. The maximum Gasteiger partial charge on any atom is 0.234 e. The number of piperazine rings is 1. The van der Waals surface area contributed by atoms with Gasteiger partial charge >= 0.3 is 0 Å². The summed E-state index contributed by atoms with van der Waals surface area (Å²) < 4.78 is 5.67. The Morgan fingerprint density at radius 2 is 2.31 bits per heavy atom. The fourth-order valence-electron chi connectivity index (χ4n) is 3.14. The predicted octanol–water partition coefficient (Wildman–Crippen LogP) is 1.53. The molecule has 6 heteroatoms. The van der Waals surface area contributed by atoms with Crippen molar-refractivity contribution in [2.75, 3.05) is 39.3 Å². The first-order valence-corrected chi connectivity index (χ1v) is 9.03. The number of aryl methyl sites for hydroxylation is 1. The second-order valence-corrected chi connectivity index (χ2v) is 6.49. The van der Waals surface area contributed by atoms with Gasteiger partial charge in [0.05, 0.1) is 13.1 Å². The molecule has 26 heavy (non-hydrogen) atoms. The number of hydrogen-bond donors (Lipinski definition) is 2. The first kappa shape index (κ1) is 18.4. The molecule has 1 unspecified atom stereocenters. The van der Waals surface area contributed by atoms with Crippen molar-refractivity contribution < 1.29 is 9.53 Å². The number of nitrogens with one attached hydrogen (secondary N) is 2. The van der Waals surface area contributed by atoms with E-state index in [0.29, 0.717) is 19.7 Å². The average molecular weight is 354 g/mol. The van der Waals surface area contributed by atoms with Gasteiger partial charge in [-0.3, -0.25) is 14.7 Å². The van der Waals surface area contributed by atoms with Gasteiger partial charge in [0.2, 0.25) is 5.91 Å². The summed E-state index contributed by atoms with van der Waals surface area (Å²) in [6.07, 6.45) is 3.64. The molecule has 1 aromatic carbocycles. The molecule has 1 atom stereocenters. The van der Waals surface area contributed by atoms with E-state index in [0.717, 1.165) is 36.5 Å². The van der Waals surface area contributed by atoms with Crippen molar-refractivity contribution in [1.29, 1.82) is 0 Å². The van der Waals surface area contributed by atoms with Gasteiger partial charge in [0.15, 0.2) is 0 Å². The summed E-state index contributed by atoms with van der Waals surface area (Å²) in [5, 5.41) is 6.34. The lowest BCUT2D eigenvalue weighted by Crippen LogP contribution is -2.49. The van der Waals surface area contributed by atoms with Gasteiger partial charge in [-0.05, 0) is 36.2 Å². The Bertz CT molecular complexity index is 708. The highest BCUT2D eigenvalue weighted by molar-refractivity contribution is 5.78. The summed E-state index contributed by atoms with van der Waals surface area (Å²) in [5.41, 5.74) is 2.29. The zero-order valence-electron chi connectivity index (χ0n) is 15.1. The zero-order valence-corrected chi connectivity index (χ0v) is 15.1. The van der Waals surface area contributed by atoms with Crippen LogP contribution in [0.2, 0.25) is 0 Å². The van der Waals surface area contributed by atoms with Crippen LogP contribution in [-0.2, 0) is 4.79 Å². The molecule has 1 aliphatic heterocycles. The number of rotatable bonds is 7. The Balaban J connectivity index is 1.44. The minimum atomic E-state index is 0.0219. The monoisotopic (exact) mass is 354 g/mol. The van der Waals surface area contributed by atoms with Gasteiger partial charge in [-0.2, -0.15) is 0 Å². The molecule has 2 N–H and O–H groups in total. The number of aromatic nitrogens is 1. The van der Waals surface area contributed by atoms with Gasteiger partial charge in [-0.1, -0.05) is 18.2 Å². The highest BCUT2D eigenvalue weighted by Gasteiger charge is 2.25. The summed E-state index contributed by atoms with van der Waals surface area (Å²) in [5.74, 6) is 0.853. The topological polar surface area (TPSA) is 66.5 Å². The number of amides is 1. The van der Waals surface area contributed by atoms with Crippen LogP contribution in [0.15, 0.2) is 48.8 Å². The SMILES string of the molecule is Cc1cccc(OCCNC(=O)CN2CCNCC2c2cccnc2)c1. The summed E-state index contributed by atoms with van der Waals surface area (Å²) >= 11 is 0. The van der Waals surface area contributed by atoms with Crippen molar-refractivity contribution in [1.82, 2.24) is 20.5 Å². The Hall–Kier alpha value is -2.44. The molecule has 3 rings (SSSR count). The Morgan fingerprint density at radius 3 is 3.12 bits per heavy atom. The molecule has 0 bridgehead atoms. The molecule has 6 nitrogen and oxygen atoms in total. The Labute approximate surface area is 154 Å². The van der Waals surface area contributed by atoms with E-state index >= 15 is 0 Å². The van der Waals surface area contributed by atoms with Gasteiger partial charge < -0.3 is 15.4 Å². The fourth-order valence-corrected chi connectivity index (χ4v) is 3.14. The van der Waals surface area contributed by atoms with Crippen molar-refractivity contribution in [3.63, 3.8) is 0 Å². The Morgan fingerprint density at radius 1 is 1.38 bits per heavy atom. The van der Waals surface area contributed by atoms with Crippen LogP contribution in [0, 0.1) is 6.92 Å². The highest BCUT2D eigenvalue weighted by atomic mass is 16.5. The molecule has 2 heterocycles. The largest absolute Gasteiger partial charge is 0.492 e. The molecule has 1 amide bonds. The number of pyridine rings is 1. The molecule has 1 saturated heterocycles. The lowest BCUT2D eigenvalue weighted by atomic mass is 10.1. The van der Waals surface area contributed by atoms with E-state index in [2.05, 4.69) is 26.6 Å². The summed E-state index contributed by atoms with van der Waals surface area (Å²) in [7, 11) is 0. The smallest absolute Gasteiger partial charge is 0.234 e. The first-order chi connectivity index (χ1) is 12.7. The van der Waals surface area contributed by atoms with Crippen molar-refractivity contribution >= 4 is 5.91 Å². The third-order valence-corrected chi connectivity index (χ3v) is 4.45. The average Bonchev–Trinajstić information content (AvgIpc) is 2.66. The van der Waals surface area contributed by atoms with Crippen molar-refractivity contribution in [2.45, 2.75) is 13.0 Å². The predicted molar refractivity (Wildman–Crippen MR) is 101 cm³/mol. The van der Waals surface area contributed by atoms with Crippen LogP contribution in [0.5, 0.6) is 5.75 Å². The van der Waals surface area contributed by atoms with Crippen LogP contribution in [0.3, 0.4) is 0 Å². The number of benzene rings is 1. The van der Waals surface area contributed by atoms with Gasteiger partial charge in [0.25, 0.3) is 0 Å². The third kappa shape index (κ3) is 5.28. The molecule has 0 saturated carbocycles. The van der Waals surface area contributed by atoms with E-state index in [1.54, 1.807) is 6.20 Å². The molecule has 1 aromatic heterocycles. The third-order valence-electron chi connectivity index (χ3n) is 4.45.